The fraction of sp³-hybridized carbons (Fsp3) is 0.235. The topological polar surface area (TPSA) is 99.9 Å². The van der Waals surface area contributed by atoms with Gasteiger partial charge in [0.2, 0.25) is 5.91 Å². The molecule has 0 atom stereocenters. The molecule has 1 amide bonds. The van der Waals surface area contributed by atoms with Crippen LogP contribution in [0.5, 0.6) is 17.2 Å². The van der Waals surface area contributed by atoms with E-state index >= 15 is 0 Å². The maximum Gasteiger partial charge on any atom is 0.296 e. The molecule has 130 valence electrons. The molecular formula is C17H16N2O6. The molecule has 0 fully saturated rings. The number of anilines is 1. The van der Waals surface area contributed by atoms with Gasteiger partial charge in [-0.25, -0.2) is 0 Å². The lowest BCUT2D eigenvalue weighted by atomic mass is 10.1. The number of ether oxygens (including phenoxy) is 3. The van der Waals surface area contributed by atoms with E-state index in [4.69, 9.17) is 14.2 Å². The molecule has 0 aromatic heterocycles. The zero-order chi connectivity index (χ0) is 17.8. The van der Waals surface area contributed by atoms with E-state index in [1.165, 1.54) is 12.1 Å². The van der Waals surface area contributed by atoms with Crippen molar-refractivity contribution >= 4 is 17.3 Å². The lowest BCUT2D eigenvalue weighted by Gasteiger charge is -2.19. The van der Waals surface area contributed by atoms with Gasteiger partial charge in [-0.2, -0.15) is 0 Å². The summed E-state index contributed by atoms with van der Waals surface area (Å²) in [6, 6.07) is 9.69. The third-order valence-corrected chi connectivity index (χ3v) is 3.66. The van der Waals surface area contributed by atoms with E-state index in [9.17, 15) is 14.9 Å². The Kier molecular flexibility index (Phi) is 4.69. The van der Waals surface area contributed by atoms with Gasteiger partial charge in [0.1, 0.15) is 24.7 Å². The van der Waals surface area contributed by atoms with Gasteiger partial charge in [-0.15, -0.1) is 0 Å². The van der Waals surface area contributed by atoms with Crippen LogP contribution in [0.1, 0.15) is 5.56 Å². The van der Waals surface area contributed by atoms with E-state index in [2.05, 4.69) is 5.32 Å². The van der Waals surface area contributed by atoms with Gasteiger partial charge in [-0.3, -0.25) is 14.9 Å². The number of nitro benzene ring substituents is 1. The highest BCUT2D eigenvalue weighted by molar-refractivity contribution is 5.95. The smallest absolute Gasteiger partial charge is 0.296 e. The highest BCUT2D eigenvalue weighted by atomic mass is 16.6. The van der Waals surface area contributed by atoms with Gasteiger partial charge in [-0.1, -0.05) is 12.1 Å². The second-order valence-corrected chi connectivity index (χ2v) is 5.34. The van der Waals surface area contributed by atoms with Crippen molar-refractivity contribution in [3.8, 4) is 17.2 Å². The largest absolute Gasteiger partial charge is 0.497 e. The van der Waals surface area contributed by atoms with E-state index in [0.29, 0.717) is 30.5 Å². The van der Waals surface area contributed by atoms with Crippen molar-refractivity contribution in [2.75, 3.05) is 25.6 Å². The lowest BCUT2D eigenvalue weighted by molar-refractivity contribution is -0.384. The standard InChI is InChI=1S/C17H16N2O6/c1-23-12-4-2-11(3-5-12)8-17(20)18-13-9-15-16(25-7-6-24-15)10-14(13)19(21)22/h2-5,9-10H,6-8H2,1H3,(H,18,20). The van der Waals surface area contributed by atoms with E-state index in [1.54, 1.807) is 31.4 Å². The first-order chi connectivity index (χ1) is 12.1. The maximum absolute atomic E-state index is 12.2. The van der Waals surface area contributed by atoms with E-state index in [-0.39, 0.29) is 23.7 Å². The summed E-state index contributed by atoms with van der Waals surface area (Å²) in [5.41, 5.74) is 0.596. The number of nitrogens with zero attached hydrogens (tertiary/aromatic N) is 1. The Labute approximate surface area is 143 Å². The van der Waals surface area contributed by atoms with Crippen molar-refractivity contribution in [1.29, 1.82) is 0 Å². The highest BCUT2D eigenvalue weighted by Gasteiger charge is 2.23. The van der Waals surface area contributed by atoms with Crippen LogP contribution in [-0.4, -0.2) is 31.2 Å². The number of hydrogen-bond acceptors (Lipinski definition) is 6. The van der Waals surface area contributed by atoms with Crippen molar-refractivity contribution in [2.45, 2.75) is 6.42 Å². The zero-order valence-electron chi connectivity index (χ0n) is 13.5. The number of fused-ring (bicyclic) bond motifs is 1. The Bertz CT molecular complexity index is 804. The molecule has 0 radical (unpaired) electrons. The minimum Gasteiger partial charge on any atom is -0.497 e. The summed E-state index contributed by atoms with van der Waals surface area (Å²) in [4.78, 5) is 22.9. The summed E-state index contributed by atoms with van der Waals surface area (Å²) in [5.74, 6) is 0.985. The van der Waals surface area contributed by atoms with E-state index in [0.717, 1.165) is 5.56 Å². The molecule has 0 bridgehead atoms. The van der Waals surface area contributed by atoms with Crippen LogP contribution >= 0.6 is 0 Å². The van der Waals surface area contributed by atoms with Crippen LogP contribution in [0.2, 0.25) is 0 Å². The van der Waals surface area contributed by atoms with Crippen molar-refractivity contribution in [2.24, 2.45) is 0 Å². The Balaban J connectivity index is 1.78. The first kappa shape index (κ1) is 16.6. The van der Waals surface area contributed by atoms with Crippen LogP contribution < -0.4 is 19.5 Å². The molecular weight excluding hydrogens is 328 g/mol. The molecule has 0 saturated heterocycles. The summed E-state index contributed by atoms with van der Waals surface area (Å²) < 4.78 is 15.8. The van der Waals surface area contributed by atoms with Gasteiger partial charge >= 0.3 is 0 Å². The SMILES string of the molecule is COc1ccc(CC(=O)Nc2cc3c(cc2[N+](=O)[O-])OCCO3)cc1. The highest BCUT2D eigenvalue weighted by Crippen LogP contribution is 2.39. The van der Waals surface area contributed by atoms with E-state index in [1.807, 2.05) is 0 Å². The molecule has 8 nitrogen and oxygen atoms in total. The minimum absolute atomic E-state index is 0.0766. The zero-order valence-corrected chi connectivity index (χ0v) is 13.5. The third kappa shape index (κ3) is 3.79. The molecule has 2 aromatic carbocycles. The number of methoxy groups -OCH3 is 1. The van der Waals surface area contributed by atoms with Crippen LogP contribution in [0, 0.1) is 10.1 Å². The summed E-state index contributed by atoms with van der Waals surface area (Å²) in [6.45, 7) is 0.678. The molecule has 0 saturated carbocycles. The molecule has 25 heavy (non-hydrogen) atoms. The molecule has 0 unspecified atom stereocenters. The second-order valence-electron chi connectivity index (χ2n) is 5.34. The number of rotatable bonds is 5. The quantitative estimate of drug-likeness (QED) is 0.661. The van der Waals surface area contributed by atoms with Crippen LogP contribution in [0.15, 0.2) is 36.4 Å². The number of hydrogen-bond donors (Lipinski definition) is 1. The fourth-order valence-corrected chi connectivity index (χ4v) is 2.45. The monoisotopic (exact) mass is 344 g/mol. The summed E-state index contributed by atoms with van der Waals surface area (Å²) in [5, 5.41) is 13.8. The van der Waals surface area contributed by atoms with Gasteiger partial charge in [0, 0.05) is 6.07 Å². The second kappa shape index (κ2) is 7.08. The van der Waals surface area contributed by atoms with Gasteiger partial charge < -0.3 is 19.5 Å². The molecule has 1 N–H and O–H groups in total. The molecule has 1 aliphatic rings. The number of carbonyl (C=O) groups excluding carboxylic acids is 1. The van der Waals surface area contributed by atoms with Crippen molar-refractivity contribution in [3.63, 3.8) is 0 Å². The van der Waals surface area contributed by atoms with Gasteiger partial charge in [-0.05, 0) is 17.7 Å². The molecule has 2 aromatic rings. The predicted molar refractivity (Wildman–Crippen MR) is 89.4 cm³/mol. The summed E-state index contributed by atoms with van der Waals surface area (Å²) in [6.07, 6.45) is 0.0790. The predicted octanol–water partition coefficient (Wildman–Crippen LogP) is 2.56. The minimum atomic E-state index is -0.568. The van der Waals surface area contributed by atoms with Crippen molar-refractivity contribution < 1.29 is 23.9 Å². The number of amides is 1. The average Bonchev–Trinajstić information content (AvgIpc) is 2.61. The fourth-order valence-electron chi connectivity index (χ4n) is 2.45. The van der Waals surface area contributed by atoms with Crippen molar-refractivity contribution in [3.05, 3.63) is 52.1 Å². The lowest BCUT2D eigenvalue weighted by Crippen LogP contribution is -2.18. The van der Waals surface area contributed by atoms with Crippen molar-refractivity contribution in [1.82, 2.24) is 0 Å². The van der Waals surface area contributed by atoms with Crippen LogP contribution in [0.25, 0.3) is 0 Å². The molecule has 8 heteroatoms. The first-order valence-electron chi connectivity index (χ1n) is 7.57. The summed E-state index contributed by atoms with van der Waals surface area (Å²) >= 11 is 0. The number of carbonyl (C=O) groups is 1. The number of benzene rings is 2. The molecule has 0 aliphatic carbocycles. The molecule has 1 aliphatic heterocycles. The maximum atomic E-state index is 12.2. The van der Waals surface area contributed by atoms with Gasteiger partial charge in [0.15, 0.2) is 11.5 Å². The first-order valence-corrected chi connectivity index (χ1v) is 7.57. The molecule has 3 rings (SSSR count). The third-order valence-electron chi connectivity index (χ3n) is 3.66. The molecule has 0 spiro atoms. The Morgan fingerprint density at radius 2 is 1.84 bits per heavy atom. The average molecular weight is 344 g/mol. The number of nitrogens with one attached hydrogen (secondary N) is 1. The Morgan fingerprint density at radius 3 is 2.44 bits per heavy atom. The van der Waals surface area contributed by atoms with Crippen LogP contribution in [0.4, 0.5) is 11.4 Å². The molecule has 1 heterocycles. The Hall–Kier alpha value is -3.29. The normalized spacial score (nSPS) is 12.4. The van der Waals surface area contributed by atoms with Gasteiger partial charge in [0.05, 0.1) is 24.5 Å². The van der Waals surface area contributed by atoms with Gasteiger partial charge in [0.25, 0.3) is 5.69 Å². The Morgan fingerprint density at radius 1 is 1.20 bits per heavy atom. The van der Waals surface area contributed by atoms with Crippen LogP contribution in [0.3, 0.4) is 0 Å². The van der Waals surface area contributed by atoms with E-state index < -0.39 is 4.92 Å². The number of nitro groups is 1. The van der Waals surface area contributed by atoms with Crippen LogP contribution in [-0.2, 0) is 11.2 Å². The summed E-state index contributed by atoms with van der Waals surface area (Å²) in [7, 11) is 1.56.